The van der Waals surface area contributed by atoms with Crippen LogP contribution < -0.4 is 0 Å². The molecular formula is C14H13FN2O2S. The summed E-state index contributed by atoms with van der Waals surface area (Å²) in [5.74, 6) is -1.24. The van der Waals surface area contributed by atoms with Gasteiger partial charge in [-0.2, -0.15) is 0 Å². The molecule has 1 aromatic carbocycles. The molecule has 1 aliphatic rings. The number of carboxylic acids is 1. The van der Waals surface area contributed by atoms with Crippen molar-refractivity contribution >= 4 is 28.8 Å². The second-order valence-electron chi connectivity index (χ2n) is 4.68. The SMILES string of the molecule is O=C(O)CSc1nc2ccc(F)cc2n1C1CC=CC1. The number of thioether (sulfide) groups is 1. The molecule has 1 heterocycles. The van der Waals surface area contributed by atoms with E-state index < -0.39 is 5.97 Å². The topological polar surface area (TPSA) is 55.1 Å². The minimum absolute atomic E-state index is 0.0497. The lowest BCUT2D eigenvalue weighted by Gasteiger charge is -2.15. The first kappa shape index (κ1) is 13.2. The Hall–Kier alpha value is -1.82. The van der Waals surface area contributed by atoms with Crippen molar-refractivity contribution in [2.24, 2.45) is 0 Å². The second-order valence-corrected chi connectivity index (χ2v) is 5.62. The van der Waals surface area contributed by atoms with Crippen LogP contribution in [0.25, 0.3) is 11.0 Å². The molecule has 0 amide bonds. The van der Waals surface area contributed by atoms with E-state index in [4.69, 9.17) is 5.11 Å². The molecule has 0 fully saturated rings. The van der Waals surface area contributed by atoms with Gasteiger partial charge in [0.1, 0.15) is 5.82 Å². The van der Waals surface area contributed by atoms with Gasteiger partial charge in [-0.1, -0.05) is 23.9 Å². The van der Waals surface area contributed by atoms with Gasteiger partial charge in [-0.05, 0) is 31.0 Å². The zero-order chi connectivity index (χ0) is 14.1. The van der Waals surface area contributed by atoms with Gasteiger partial charge < -0.3 is 9.67 Å². The summed E-state index contributed by atoms with van der Waals surface area (Å²) < 4.78 is 15.4. The van der Waals surface area contributed by atoms with E-state index in [2.05, 4.69) is 17.1 Å². The molecular weight excluding hydrogens is 279 g/mol. The predicted octanol–water partition coefficient (Wildman–Crippen LogP) is 3.24. The predicted molar refractivity (Wildman–Crippen MR) is 75.5 cm³/mol. The smallest absolute Gasteiger partial charge is 0.313 e. The van der Waals surface area contributed by atoms with Gasteiger partial charge >= 0.3 is 5.97 Å². The standard InChI is InChI=1S/C14H13FN2O2S/c15-9-5-6-11-12(7-9)17(10-3-1-2-4-10)14(16-11)20-8-13(18)19/h1-2,5-7,10H,3-4,8H2,(H,18,19). The monoisotopic (exact) mass is 292 g/mol. The number of hydrogen-bond donors (Lipinski definition) is 1. The van der Waals surface area contributed by atoms with Crippen molar-refractivity contribution in [3.05, 3.63) is 36.2 Å². The summed E-state index contributed by atoms with van der Waals surface area (Å²) in [5.41, 5.74) is 1.43. The van der Waals surface area contributed by atoms with Gasteiger partial charge in [-0.25, -0.2) is 9.37 Å². The van der Waals surface area contributed by atoms with E-state index in [-0.39, 0.29) is 17.6 Å². The number of benzene rings is 1. The normalized spacial score (nSPS) is 15.2. The molecule has 1 aliphatic carbocycles. The van der Waals surface area contributed by atoms with Gasteiger partial charge in [0, 0.05) is 6.04 Å². The van der Waals surface area contributed by atoms with Crippen molar-refractivity contribution in [3.63, 3.8) is 0 Å². The van der Waals surface area contributed by atoms with Gasteiger partial charge in [0.05, 0.1) is 16.8 Å². The number of nitrogens with zero attached hydrogens (tertiary/aromatic N) is 2. The molecule has 0 aliphatic heterocycles. The number of fused-ring (bicyclic) bond motifs is 1. The molecule has 1 N–H and O–H groups in total. The number of carboxylic acid groups (broad SMARTS) is 1. The van der Waals surface area contributed by atoms with Crippen LogP contribution >= 0.6 is 11.8 Å². The Bertz CT molecular complexity index is 688. The lowest BCUT2D eigenvalue weighted by Crippen LogP contribution is -2.08. The van der Waals surface area contributed by atoms with Crippen LogP contribution in [0.15, 0.2) is 35.5 Å². The molecule has 4 nitrogen and oxygen atoms in total. The number of aliphatic carboxylic acids is 1. The van der Waals surface area contributed by atoms with E-state index in [0.717, 1.165) is 18.4 Å². The van der Waals surface area contributed by atoms with Gasteiger partial charge in [-0.15, -0.1) is 0 Å². The molecule has 20 heavy (non-hydrogen) atoms. The summed E-state index contributed by atoms with van der Waals surface area (Å²) in [7, 11) is 0. The summed E-state index contributed by atoms with van der Waals surface area (Å²) in [6.07, 6.45) is 5.90. The Morgan fingerprint density at radius 3 is 2.90 bits per heavy atom. The number of imidazole rings is 1. The number of halogens is 1. The second kappa shape index (κ2) is 5.28. The molecule has 0 spiro atoms. The molecule has 0 saturated carbocycles. The van der Waals surface area contributed by atoms with E-state index in [1.54, 1.807) is 6.07 Å². The minimum atomic E-state index is -0.885. The largest absolute Gasteiger partial charge is 0.481 e. The Morgan fingerprint density at radius 2 is 2.20 bits per heavy atom. The molecule has 1 aromatic heterocycles. The van der Waals surface area contributed by atoms with Crippen molar-refractivity contribution in [2.75, 3.05) is 5.75 Å². The fourth-order valence-corrected chi connectivity index (χ4v) is 3.24. The average Bonchev–Trinajstić information content (AvgIpc) is 3.02. The highest BCUT2D eigenvalue weighted by molar-refractivity contribution is 7.99. The van der Waals surface area contributed by atoms with Crippen LogP contribution in [0.3, 0.4) is 0 Å². The van der Waals surface area contributed by atoms with E-state index in [1.165, 1.54) is 23.9 Å². The number of carbonyl (C=O) groups is 1. The summed E-state index contributed by atoms with van der Waals surface area (Å²) in [6, 6.07) is 4.66. The number of allylic oxidation sites excluding steroid dienone is 2. The maximum atomic E-state index is 13.5. The number of aromatic nitrogens is 2. The Kier molecular flexibility index (Phi) is 3.48. The molecule has 2 aromatic rings. The fraction of sp³-hybridized carbons (Fsp3) is 0.286. The number of rotatable bonds is 4. The van der Waals surface area contributed by atoms with Crippen molar-refractivity contribution in [1.29, 1.82) is 0 Å². The van der Waals surface area contributed by atoms with Crippen LogP contribution in [-0.4, -0.2) is 26.4 Å². The van der Waals surface area contributed by atoms with Crippen LogP contribution in [0.1, 0.15) is 18.9 Å². The van der Waals surface area contributed by atoms with Gasteiger partial charge in [-0.3, -0.25) is 4.79 Å². The van der Waals surface area contributed by atoms with Crippen molar-refractivity contribution in [1.82, 2.24) is 9.55 Å². The molecule has 0 bridgehead atoms. The summed E-state index contributed by atoms with van der Waals surface area (Å²) >= 11 is 1.18. The zero-order valence-corrected chi connectivity index (χ0v) is 11.4. The van der Waals surface area contributed by atoms with Crippen LogP contribution in [0.2, 0.25) is 0 Å². The lowest BCUT2D eigenvalue weighted by atomic mass is 10.2. The molecule has 0 unspecified atom stereocenters. The molecule has 0 radical (unpaired) electrons. The maximum Gasteiger partial charge on any atom is 0.313 e. The quantitative estimate of drug-likeness (QED) is 0.694. The third-order valence-corrected chi connectivity index (χ3v) is 4.23. The third-order valence-electron chi connectivity index (χ3n) is 3.29. The van der Waals surface area contributed by atoms with Crippen LogP contribution in [0, 0.1) is 5.82 Å². The maximum absolute atomic E-state index is 13.5. The van der Waals surface area contributed by atoms with E-state index in [1.807, 2.05) is 4.57 Å². The molecule has 0 saturated heterocycles. The first-order valence-electron chi connectivity index (χ1n) is 6.32. The van der Waals surface area contributed by atoms with Gasteiger partial charge in [0.25, 0.3) is 0 Å². The summed E-state index contributed by atoms with van der Waals surface area (Å²) in [5, 5.41) is 9.46. The summed E-state index contributed by atoms with van der Waals surface area (Å²) in [4.78, 5) is 15.2. The Labute approximate surface area is 119 Å². The number of hydrogen-bond acceptors (Lipinski definition) is 3. The highest BCUT2D eigenvalue weighted by Crippen LogP contribution is 2.33. The van der Waals surface area contributed by atoms with Crippen molar-refractivity contribution in [2.45, 2.75) is 24.0 Å². The first-order chi connectivity index (χ1) is 9.65. The molecule has 0 atom stereocenters. The summed E-state index contributed by atoms with van der Waals surface area (Å²) in [6.45, 7) is 0. The van der Waals surface area contributed by atoms with Gasteiger partial charge in [0.2, 0.25) is 0 Å². The Balaban J connectivity index is 2.07. The van der Waals surface area contributed by atoms with E-state index in [0.29, 0.717) is 10.7 Å². The molecule has 6 heteroatoms. The van der Waals surface area contributed by atoms with Crippen LogP contribution in [0.5, 0.6) is 0 Å². The van der Waals surface area contributed by atoms with Crippen LogP contribution in [-0.2, 0) is 4.79 Å². The lowest BCUT2D eigenvalue weighted by molar-refractivity contribution is -0.133. The van der Waals surface area contributed by atoms with E-state index >= 15 is 0 Å². The average molecular weight is 292 g/mol. The highest BCUT2D eigenvalue weighted by atomic mass is 32.2. The first-order valence-corrected chi connectivity index (χ1v) is 7.31. The molecule has 3 rings (SSSR count). The van der Waals surface area contributed by atoms with Crippen molar-refractivity contribution < 1.29 is 14.3 Å². The molecule has 104 valence electrons. The zero-order valence-electron chi connectivity index (χ0n) is 10.6. The highest BCUT2D eigenvalue weighted by Gasteiger charge is 2.21. The fourth-order valence-electron chi connectivity index (χ4n) is 2.44. The van der Waals surface area contributed by atoms with Crippen LogP contribution in [0.4, 0.5) is 4.39 Å². The van der Waals surface area contributed by atoms with Crippen molar-refractivity contribution in [3.8, 4) is 0 Å². The van der Waals surface area contributed by atoms with E-state index in [9.17, 15) is 9.18 Å². The third kappa shape index (κ3) is 2.43. The minimum Gasteiger partial charge on any atom is -0.481 e. The Morgan fingerprint density at radius 1 is 1.45 bits per heavy atom. The van der Waals surface area contributed by atoms with Gasteiger partial charge in [0.15, 0.2) is 5.16 Å².